The van der Waals surface area contributed by atoms with Gasteiger partial charge in [-0.1, -0.05) is 29.8 Å². The highest BCUT2D eigenvalue weighted by Crippen LogP contribution is 2.18. The normalized spacial score (nSPS) is 13.0. The van der Waals surface area contributed by atoms with E-state index >= 15 is 0 Å². The van der Waals surface area contributed by atoms with E-state index in [1.54, 1.807) is 26.0 Å². The molecule has 1 rings (SSSR count). The van der Waals surface area contributed by atoms with Crippen LogP contribution in [0.25, 0.3) is 0 Å². The number of nitrogens with one attached hydrogen (secondary N) is 2. The quantitative estimate of drug-likeness (QED) is 0.490. The first-order valence-corrected chi connectivity index (χ1v) is 8.42. The second-order valence-electron chi connectivity index (χ2n) is 6.22. The predicted molar refractivity (Wildman–Crippen MR) is 97.1 cm³/mol. The summed E-state index contributed by atoms with van der Waals surface area (Å²) in [5, 5.41) is 9.54. The second-order valence-corrected chi connectivity index (χ2v) is 6.22. The monoisotopic (exact) mass is 362 g/mol. The second kappa shape index (κ2) is 10.5. The lowest BCUT2D eigenvalue weighted by Gasteiger charge is -2.22. The van der Waals surface area contributed by atoms with Crippen molar-refractivity contribution in [2.24, 2.45) is 0 Å². The smallest absolute Gasteiger partial charge is 0.328 e. The van der Waals surface area contributed by atoms with Crippen LogP contribution in [0.5, 0.6) is 0 Å². The number of methoxy groups -OCH3 is 1. The van der Waals surface area contributed by atoms with Gasteiger partial charge < -0.3 is 20.2 Å². The van der Waals surface area contributed by atoms with Crippen LogP contribution in [0.2, 0.25) is 0 Å². The molecule has 0 spiro atoms. The van der Waals surface area contributed by atoms with Crippen molar-refractivity contribution >= 4 is 23.9 Å². The first kappa shape index (κ1) is 21.5. The van der Waals surface area contributed by atoms with Crippen molar-refractivity contribution in [1.29, 1.82) is 5.41 Å². The number of ether oxygens (including phenoxy) is 2. The van der Waals surface area contributed by atoms with Gasteiger partial charge in [0.2, 0.25) is 0 Å². The van der Waals surface area contributed by atoms with E-state index in [2.05, 4.69) is 5.32 Å². The standard InChI is InChI=1S/C19H26N2O5/c1-12(2)26-19(24)16(10-9-15(22)11-20)21-18(23)17(25-4)14-7-5-13(3)6-8-14/h5-8,11-12,16-17,20H,9-10H2,1-4H3,(H,21,23)/t16-,17-/m0/s1. The maximum absolute atomic E-state index is 12.6. The molecule has 26 heavy (non-hydrogen) atoms. The van der Waals surface area contributed by atoms with E-state index in [0.29, 0.717) is 11.8 Å². The molecule has 2 N–H and O–H groups in total. The largest absolute Gasteiger partial charge is 0.461 e. The van der Waals surface area contributed by atoms with Crippen molar-refractivity contribution in [2.45, 2.75) is 51.9 Å². The Bertz CT molecular complexity index is 640. The molecule has 2 atom stereocenters. The summed E-state index contributed by atoms with van der Waals surface area (Å²) in [5.74, 6) is -1.54. The number of carbonyl (C=O) groups excluding carboxylic acids is 3. The van der Waals surface area contributed by atoms with Crippen molar-refractivity contribution in [1.82, 2.24) is 5.32 Å². The van der Waals surface area contributed by atoms with Gasteiger partial charge in [-0.2, -0.15) is 0 Å². The Hall–Kier alpha value is -2.54. The molecule has 0 heterocycles. The zero-order valence-electron chi connectivity index (χ0n) is 15.6. The third kappa shape index (κ3) is 6.76. The first-order valence-electron chi connectivity index (χ1n) is 8.42. The van der Waals surface area contributed by atoms with Gasteiger partial charge in [-0.05, 0) is 32.8 Å². The minimum atomic E-state index is -0.989. The maximum atomic E-state index is 12.6. The summed E-state index contributed by atoms with van der Waals surface area (Å²) in [6, 6.07) is 6.30. The Labute approximate surface area is 153 Å². The summed E-state index contributed by atoms with van der Waals surface area (Å²) in [4.78, 5) is 36.2. The third-order valence-electron chi connectivity index (χ3n) is 3.65. The Morgan fingerprint density at radius 3 is 2.31 bits per heavy atom. The molecule has 0 saturated carbocycles. The molecular weight excluding hydrogens is 336 g/mol. The van der Waals surface area contributed by atoms with Crippen LogP contribution in [0, 0.1) is 12.3 Å². The molecule has 1 aromatic rings. The van der Waals surface area contributed by atoms with Crippen molar-refractivity contribution in [3.63, 3.8) is 0 Å². The lowest BCUT2D eigenvalue weighted by molar-refractivity contribution is -0.152. The molecule has 0 aromatic heterocycles. The number of Topliss-reactive ketones (excluding diaryl/α,β-unsaturated/α-hetero) is 1. The molecule has 0 unspecified atom stereocenters. The number of aryl methyl sites for hydroxylation is 1. The van der Waals surface area contributed by atoms with Crippen molar-refractivity contribution in [3.8, 4) is 0 Å². The minimum Gasteiger partial charge on any atom is -0.461 e. The molecule has 142 valence electrons. The minimum absolute atomic E-state index is 0.0379. The third-order valence-corrected chi connectivity index (χ3v) is 3.65. The van der Waals surface area contributed by atoms with Gasteiger partial charge in [0, 0.05) is 13.5 Å². The van der Waals surface area contributed by atoms with E-state index in [0.717, 1.165) is 5.56 Å². The molecule has 7 nitrogen and oxygen atoms in total. The van der Waals surface area contributed by atoms with Gasteiger partial charge in [0.05, 0.1) is 12.3 Å². The lowest BCUT2D eigenvalue weighted by Crippen LogP contribution is -2.45. The molecule has 1 aromatic carbocycles. The predicted octanol–water partition coefficient (Wildman–Crippen LogP) is 2.12. The van der Waals surface area contributed by atoms with E-state index in [1.165, 1.54) is 7.11 Å². The Morgan fingerprint density at radius 1 is 1.19 bits per heavy atom. The number of carbonyl (C=O) groups is 3. The van der Waals surface area contributed by atoms with Crippen molar-refractivity contribution in [2.75, 3.05) is 7.11 Å². The van der Waals surface area contributed by atoms with E-state index in [-0.39, 0.29) is 18.9 Å². The fraction of sp³-hybridized carbons (Fsp3) is 0.474. The molecule has 0 radical (unpaired) electrons. The average molecular weight is 362 g/mol. The lowest BCUT2D eigenvalue weighted by atomic mass is 10.0. The maximum Gasteiger partial charge on any atom is 0.328 e. The van der Waals surface area contributed by atoms with Crippen LogP contribution in [0.4, 0.5) is 0 Å². The van der Waals surface area contributed by atoms with Gasteiger partial charge in [-0.3, -0.25) is 9.59 Å². The summed E-state index contributed by atoms with van der Waals surface area (Å²) in [6.07, 6.45) is -0.532. The van der Waals surface area contributed by atoms with Crippen LogP contribution in [0.3, 0.4) is 0 Å². The summed E-state index contributed by atoms with van der Waals surface area (Å²) in [6.45, 7) is 5.33. The Morgan fingerprint density at radius 2 is 1.81 bits per heavy atom. The number of rotatable bonds is 10. The molecule has 7 heteroatoms. The molecule has 0 fully saturated rings. The highest BCUT2D eigenvalue weighted by atomic mass is 16.5. The molecule has 0 saturated heterocycles. The van der Waals surface area contributed by atoms with Crippen LogP contribution in [0.15, 0.2) is 24.3 Å². The summed E-state index contributed by atoms with van der Waals surface area (Å²) < 4.78 is 10.4. The summed E-state index contributed by atoms with van der Waals surface area (Å²) in [7, 11) is 1.41. The van der Waals surface area contributed by atoms with Crippen LogP contribution in [0.1, 0.15) is 43.9 Å². The van der Waals surface area contributed by atoms with E-state index in [4.69, 9.17) is 14.9 Å². The highest BCUT2D eigenvalue weighted by molar-refractivity contribution is 6.26. The number of benzene rings is 1. The number of hydrogen-bond acceptors (Lipinski definition) is 6. The number of esters is 1. The summed E-state index contributed by atoms with van der Waals surface area (Å²) in [5.41, 5.74) is 1.70. The molecule has 0 aliphatic carbocycles. The van der Waals surface area contributed by atoms with Crippen molar-refractivity contribution in [3.05, 3.63) is 35.4 Å². The fourth-order valence-electron chi connectivity index (χ4n) is 2.31. The van der Waals surface area contributed by atoms with Gasteiger partial charge in [0.1, 0.15) is 6.04 Å². The van der Waals surface area contributed by atoms with Gasteiger partial charge in [0.15, 0.2) is 11.9 Å². The zero-order valence-corrected chi connectivity index (χ0v) is 15.6. The zero-order chi connectivity index (χ0) is 19.7. The van der Waals surface area contributed by atoms with E-state index < -0.39 is 29.8 Å². The fourth-order valence-corrected chi connectivity index (χ4v) is 2.31. The van der Waals surface area contributed by atoms with Crippen molar-refractivity contribution < 1.29 is 23.9 Å². The molecule has 0 aliphatic rings. The van der Waals surface area contributed by atoms with Crippen LogP contribution < -0.4 is 5.32 Å². The number of amides is 1. The highest BCUT2D eigenvalue weighted by Gasteiger charge is 2.28. The molecular formula is C19H26N2O5. The van der Waals surface area contributed by atoms with Crippen LogP contribution in [-0.2, 0) is 23.9 Å². The molecule has 0 bridgehead atoms. The van der Waals surface area contributed by atoms with E-state index in [9.17, 15) is 14.4 Å². The molecule has 1 amide bonds. The van der Waals surface area contributed by atoms with Gasteiger partial charge in [-0.15, -0.1) is 0 Å². The number of ketones is 1. The van der Waals surface area contributed by atoms with Gasteiger partial charge in [0.25, 0.3) is 5.91 Å². The SMILES string of the molecule is CO[C@H](C(=O)N[C@@H](CCC(=O)C=N)C(=O)OC(C)C)c1ccc(C)cc1. The summed E-state index contributed by atoms with van der Waals surface area (Å²) >= 11 is 0. The molecule has 0 aliphatic heterocycles. The van der Waals surface area contributed by atoms with E-state index in [1.807, 2.05) is 19.1 Å². The number of hydrogen-bond donors (Lipinski definition) is 2. The Kier molecular flexibility index (Phi) is 8.64. The Balaban J connectivity index is 2.89. The topological polar surface area (TPSA) is 106 Å². The van der Waals surface area contributed by atoms with Crippen LogP contribution in [-0.4, -0.2) is 43.1 Å². The van der Waals surface area contributed by atoms with Crippen LogP contribution >= 0.6 is 0 Å². The van der Waals surface area contributed by atoms with Gasteiger partial charge >= 0.3 is 5.97 Å². The first-order chi connectivity index (χ1) is 12.3. The van der Waals surface area contributed by atoms with Gasteiger partial charge in [-0.25, -0.2) is 4.79 Å². The average Bonchev–Trinajstić information content (AvgIpc) is 2.59.